The maximum Gasteiger partial charge on any atom is 0.263 e. The first-order chi connectivity index (χ1) is 12.6. The van der Waals surface area contributed by atoms with E-state index >= 15 is 0 Å². The predicted molar refractivity (Wildman–Crippen MR) is 99.8 cm³/mol. The molecule has 26 heavy (non-hydrogen) atoms. The van der Waals surface area contributed by atoms with Gasteiger partial charge < -0.3 is 19.1 Å². The Morgan fingerprint density at radius 3 is 2.73 bits per heavy atom. The molecule has 0 fully saturated rings. The minimum absolute atomic E-state index is 0.0525. The number of benzene rings is 2. The molecule has 1 atom stereocenters. The monoisotopic (exact) mass is 355 g/mol. The van der Waals surface area contributed by atoms with Gasteiger partial charge in [0.05, 0.1) is 0 Å². The topological polar surface area (TPSA) is 48.0 Å². The molecule has 5 heteroatoms. The lowest BCUT2D eigenvalue weighted by Gasteiger charge is -2.27. The van der Waals surface area contributed by atoms with Gasteiger partial charge in [-0.15, -0.1) is 0 Å². The van der Waals surface area contributed by atoms with Crippen molar-refractivity contribution in [2.24, 2.45) is 0 Å². The second-order valence-electron chi connectivity index (χ2n) is 6.37. The molecule has 0 radical (unpaired) electrons. The van der Waals surface area contributed by atoms with Gasteiger partial charge in [-0.25, -0.2) is 0 Å². The molecule has 0 spiro atoms. The highest BCUT2D eigenvalue weighted by Gasteiger charge is 2.24. The smallest absolute Gasteiger partial charge is 0.263 e. The van der Waals surface area contributed by atoms with Gasteiger partial charge in [0.25, 0.3) is 5.91 Å². The second-order valence-corrected chi connectivity index (χ2v) is 6.37. The summed E-state index contributed by atoms with van der Waals surface area (Å²) in [6.45, 7) is 7.87. The number of amides is 1. The van der Waals surface area contributed by atoms with Crippen LogP contribution in [0.1, 0.15) is 25.0 Å². The van der Waals surface area contributed by atoms with Gasteiger partial charge in [-0.3, -0.25) is 4.79 Å². The summed E-state index contributed by atoms with van der Waals surface area (Å²) in [7, 11) is 0. The van der Waals surface area contributed by atoms with E-state index in [1.807, 2.05) is 56.3 Å². The number of carbonyl (C=O) groups excluding carboxylic acids is 1. The van der Waals surface area contributed by atoms with Gasteiger partial charge in [0.1, 0.15) is 19.0 Å². The van der Waals surface area contributed by atoms with Crippen LogP contribution in [0.25, 0.3) is 0 Å². The Bertz CT molecular complexity index is 774. The number of ether oxygens (including phenoxy) is 3. The van der Waals surface area contributed by atoms with Gasteiger partial charge in [-0.1, -0.05) is 24.3 Å². The van der Waals surface area contributed by atoms with Crippen LogP contribution in [0.15, 0.2) is 42.5 Å². The van der Waals surface area contributed by atoms with Gasteiger partial charge >= 0.3 is 0 Å². The fourth-order valence-corrected chi connectivity index (χ4v) is 3.01. The molecule has 2 aromatic carbocycles. The quantitative estimate of drug-likeness (QED) is 0.795. The average molecular weight is 355 g/mol. The minimum atomic E-state index is -0.562. The Morgan fingerprint density at radius 2 is 1.96 bits per heavy atom. The molecular weight excluding hydrogens is 330 g/mol. The summed E-state index contributed by atoms with van der Waals surface area (Å²) in [5.41, 5.74) is 2.04. The lowest BCUT2D eigenvalue weighted by molar-refractivity contribution is -0.138. The van der Waals surface area contributed by atoms with Gasteiger partial charge in [-0.2, -0.15) is 0 Å². The van der Waals surface area contributed by atoms with E-state index in [4.69, 9.17) is 14.2 Å². The molecule has 0 aliphatic carbocycles. The van der Waals surface area contributed by atoms with Crippen LogP contribution in [0.5, 0.6) is 17.2 Å². The molecule has 138 valence electrons. The molecule has 1 aliphatic heterocycles. The Hall–Kier alpha value is -2.69. The van der Waals surface area contributed by atoms with Crippen molar-refractivity contribution in [1.29, 1.82) is 0 Å². The molecule has 5 nitrogen and oxygen atoms in total. The van der Waals surface area contributed by atoms with Crippen LogP contribution in [0.3, 0.4) is 0 Å². The number of fused-ring (bicyclic) bond motifs is 1. The van der Waals surface area contributed by atoms with Crippen LogP contribution in [0.4, 0.5) is 0 Å². The highest BCUT2D eigenvalue weighted by atomic mass is 16.6. The predicted octanol–water partition coefficient (Wildman–Crippen LogP) is 3.58. The molecule has 3 rings (SSSR count). The van der Waals surface area contributed by atoms with Crippen molar-refractivity contribution < 1.29 is 19.0 Å². The lowest BCUT2D eigenvalue weighted by Crippen LogP contribution is -2.40. The first-order valence-corrected chi connectivity index (χ1v) is 8.98. The molecule has 2 aromatic rings. The number of rotatable bonds is 6. The summed E-state index contributed by atoms with van der Waals surface area (Å²) >= 11 is 0. The van der Waals surface area contributed by atoms with Crippen LogP contribution in [0, 0.1) is 6.92 Å². The molecule has 1 heterocycles. The van der Waals surface area contributed by atoms with Crippen molar-refractivity contribution in [2.75, 3.05) is 19.8 Å². The zero-order chi connectivity index (χ0) is 18.5. The zero-order valence-electron chi connectivity index (χ0n) is 15.5. The average Bonchev–Trinajstić information content (AvgIpc) is 2.65. The Balaban J connectivity index is 1.71. The number of hydrogen-bond acceptors (Lipinski definition) is 4. The Morgan fingerprint density at radius 1 is 1.19 bits per heavy atom. The van der Waals surface area contributed by atoms with E-state index in [-0.39, 0.29) is 5.91 Å². The molecule has 1 unspecified atom stereocenters. The van der Waals surface area contributed by atoms with Crippen LogP contribution in [-0.2, 0) is 11.3 Å². The fraction of sp³-hybridized carbons (Fsp3) is 0.381. The van der Waals surface area contributed by atoms with Crippen molar-refractivity contribution >= 4 is 5.91 Å². The minimum Gasteiger partial charge on any atom is -0.486 e. The molecule has 0 bridgehead atoms. The van der Waals surface area contributed by atoms with Crippen molar-refractivity contribution in [2.45, 2.75) is 33.4 Å². The zero-order valence-corrected chi connectivity index (χ0v) is 15.5. The summed E-state index contributed by atoms with van der Waals surface area (Å²) in [6.07, 6.45) is -0.562. The van der Waals surface area contributed by atoms with E-state index in [9.17, 15) is 4.79 Å². The highest BCUT2D eigenvalue weighted by Crippen LogP contribution is 2.34. The van der Waals surface area contributed by atoms with E-state index < -0.39 is 6.10 Å². The van der Waals surface area contributed by atoms with E-state index in [0.717, 1.165) is 22.6 Å². The fourth-order valence-electron chi connectivity index (χ4n) is 3.01. The van der Waals surface area contributed by atoms with Gasteiger partial charge in [0.15, 0.2) is 17.6 Å². The molecular formula is C21H25NO4. The van der Waals surface area contributed by atoms with E-state index in [2.05, 4.69) is 0 Å². The summed E-state index contributed by atoms with van der Waals surface area (Å²) < 4.78 is 17.2. The SMILES string of the molecule is CCN(Cc1cccc2c1OCCO2)C(=O)C(C)Oc1cccc(C)c1. The third-order valence-electron chi connectivity index (χ3n) is 4.35. The van der Waals surface area contributed by atoms with Crippen molar-refractivity contribution in [3.05, 3.63) is 53.6 Å². The molecule has 1 amide bonds. The normalized spacial score (nSPS) is 13.8. The largest absolute Gasteiger partial charge is 0.486 e. The molecule has 0 N–H and O–H groups in total. The number of likely N-dealkylation sites (N-methyl/N-ethyl adjacent to an activating group) is 1. The van der Waals surface area contributed by atoms with Crippen LogP contribution < -0.4 is 14.2 Å². The molecule has 0 saturated heterocycles. The van der Waals surface area contributed by atoms with E-state index in [1.54, 1.807) is 11.8 Å². The van der Waals surface area contributed by atoms with Crippen LogP contribution in [-0.4, -0.2) is 36.7 Å². The Kier molecular flexibility index (Phi) is 5.66. The maximum atomic E-state index is 12.9. The van der Waals surface area contributed by atoms with Crippen molar-refractivity contribution in [3.63, 3.8) is 0 Å². The molecule has 0 saturated carbocycles. The number of carbonyl (C=O) groups is 1. The molecule has 1 aliphatic rings. The van der Waals surface area contributed by atoms with Crippen molar-refractivity contribution in [1.82, 2.24) is 4.90 Å². The third-order valence-corrected chi connectivity index (χ3v) is 4.35. The highest BCUT2D eigenvalue weighted by molar-refractivity contribution is 5.81. The maximum absolute atomic E-state index is 12.9. The standard InChI is InChI=1S/C21H25NO4/c1-4-22(14-17-8-6-10-19-20(17)25-12-11-24-19)21(23)16(3)26-18-9-5-7-15(2)13-18/h5-10,13,16H,4,11-12,14H2,1-3H3. The molecule has 0 aromatic heterocycles. The second kappa shape index (κ2) is 8.13. The number of hydrogen-bond donors (Lipinski definition) is 0. The van der Waals surface area contributed by atoms with Gasteiger partial charge in [-0.05, 0) is 44.5 Å². The Labute approximate surface area is 154 Å². The van der Waals surface area contributed by atoms with E-state index in [1.165, 1.54) is 0 Å². The number of nitrogens with zero attached hydrogens (tertiary/aromatic N) is 1. The summed E-state index contributed by atoms with van der Waals surface area (Å²) in [6, 6.07) is 13.5. The number of para-hydroxylation sites is 1. The summed E-state index contributed by atoms with van der Waals surface area (Å²) in [5, 5.41) is 0. The lowest BCUT2D eigenvalue weighted by atomic mass is 10.1. The van der Waals surface area contributed by atoms with Gasteiger partial charge in [0, 0.05) is 18.7 Å². The first kappa shape index (κ1) is 18.1. The number of aryl methyl sites for hydroxylation is 1. The summed E-state index contributed by atoms with van der Waals surface area (Å²) in [5.74, 6) is 2.12. The third kappa shape index (κ3) is 4.10. The van der Waals surface area contributed by atoms with Gasteiger partial charge in [0.2, 0.25) is 0 Å². The summed E-state index contributed by atoms with van der Waals surface area (Å²) in [4.78, 5) is 14.6. The first-order valence-electron chi connectivity index (χ1n) is 8.98. The van der Waals surface area contributed by atoms with Crippen LogP contribution in [0.2, 0.25) is 0 Å². The van der Waals surface area contributed by atoms with E-state index in [0.29, 0.717) is 32.1 Å². The van der Waals surface area contributed by atoms with Crippen molar-refractivity contribution in [3.8, 4) is 17.2 Å². The van der Waals surface area contributed by atoms with Crippen LogP contribution >= 0.6 is 0 Å².